The smallest absolute Gasteiger partial charge is 0.410 e. The van der Waals surface area contributed by atoms with Crippen molar-refractivity contribution in [2.75, 3.05) is 6.54 Å². The summed E-state index contributed by atoms with van der Waals surface area (Å²) in [5.41, 5.74) is -0.447. The zero-order chi connectivity index (χ0) is 16.3. The summed E-state index contributed by atoms with van der Waals surface area (Å²) < 4.78 is 11.9. The van der Waals surface area contributed by atoms with Crippen LogP contribution in [0, 0.1) is 0 Å². The van der Waals surface area contributed by atoms with Crippen LogP contribution in [-0.2, 0) is 11.3 Å². The Morgan fingerprint density at radius 1 is 1.55 bits per heavy atom. The average molecular weight is 373 g/mol. The van der Waals surface area contributed by atoms with Crippen molar-refractivity contribution < 1.29 is 13.9 Å². The highest BCUT2D eigenvalue weighted by atomic mass is 79.9. The van der Waals surface area contributed by atoms with E-state index in [0.29, 0.717) is 19.1 Å². The number of piperidine rings is 1. The summed E-state index contributed by atoms with van der Waals surface area (Å²) in [6.45, 7) is 9.16. The summed E-state index contributed by atoms with van der Waals surface area (Å²) >= 11 is 3.46. The Kier molecular flexibility index (Phi) is 5.55. The summed E-state index contributed by atoms with van der Waals surface area (Å²) in [6.07, 6.45) is 3.29. The Labute approximate surface area is 140 Å². The van der Waals surface area contributed by atoms with Gasteiger partial charge in [0.1, 0.15) is 11.4 Å². The van der Waals surface area contributed by atoms with Crippen LogP contribution in [0.5, 0.6) is 0 Å². The highest BCUT2D eigenvalue weighted by molar-refractivity contribution is 9.10. The monoisotopic (exact) mass is 372 g/mol. The zero-order valence-corrected chi connectivity index (χ0v) is 15.3. The molecule has 0 aromatic carbocycles. The van der Waals surface area contributed by atoms with E-state index >= 15 is 0 Å². The molecule has 22 heavy (non-hydrogen) atoms. The van der Waals surface area contributed by atoms with Crippen LogP contribution in [0.25, 0.3) is 0 Å². The van der Waals surface area contributed by atoms with Crippen LogP contribution >= 0.6 is 15.9 Å². The van der Waals surface area contributed by atoms with Gasteiger partial charge in [-0.15, -0.1) is 0 Å². The first-order valence-corrected chi connectivity index (χ1v) is 8.50. The van der Waals surface area contributed by atoms with Gasteiger partial charge in [0, 0.05) is 18.6 Å². The van der Waals surface area contributed by atoms with E-state index in [1.807, 2.05) is 31.7 Å². The highest BCUT2D eigenvalue weighted by Gasteiger charge is 2.31. The van der Waals surface area contributed by atoms with Gasteiger partial charge in [-0.25, -0.2) is 4.79 Å². The van der Waals surface area contributed by atoms with E-state index in [0.717, 1.165) is 23.1 Å². The maximum atomic E-state index is 12.2. The molecule has 0 aliphatic carbocycles. The lowest BCUT2D eigenvalue weighted by Gasteiger charge is -2.38. The van der Waals surface area contributed by atoms with Gasteiger partial charge in [-0.3, -0.25) is 0 Å². The van der Waals surface area contributed by atoms with E-state index < -0.39 is 5.60 Å². The van der Waals surface area contributed by atoms with Crippen molar-refractivity contribution in [3.05, 3.63) is 22.6 Å². The topological polar surface area (TPSA) is 54.7 Å². The maximum Gasteiger partial charge on any atom is 0.410 e. The molecule has 0 radical (unpaired) electrons. The third-order valence-electron chi connectivity index (χ3n) is 3.75. The average Bonchev–Trinajstić information content (AvgIpc) is 2.80. The van der Waals surface area contributed by atoms with Gasteiger partial charge in [0.15, 0.2) is 0 Å². The minimum Gasteiger partial charge on any atom is -0.467 e. The number of furan rings is 1. The van der Waals surface area contributed by atoms with E-state index in [2.05, 4.69) is 28.2 Å². The van der Waals surface area contributed by atoms with Crippen LogP contribution in [0.4, 0.5) is 4.79 Å². The van der Waals surface area contributed by atoms with Gasteiger partial charge in [-0.05, 0) is 62.5 Å². The SMILES string of the molecule is CC1CC(NCc2occc2Br)CCN1C(=O)OC(C)(C)C. The third kappa shape index (κ3) is 4.74. The van der Waals surface area contributed by atoms with Gasteiger partial charge in [-0.1, -0.05) is 0 Å². The molecule has 1 amide bonds. The summed E-state index contributed by atoms with van der Waals surface area (Å²) in [4.78, 5) is 14.0. The number of carbonyl (C=O) groups excluding carboxylic acids is 1. The zero-order valence-electron chi connectivity index (χ0n) is 13.7. The van der Waals surface area contributed by atoms with Gasteiger partial charge < -0.3 is 19.4 Å². The van der Waals surface area contributed by atoms with Crippen molar-refractivity contribution in [1.82, 2.24) is 10.2 Å². The molecule has 2 heterocycles. The van der Waals surface area contributed by atoms with E-state index in [4.69, 9.17) is 9.15 Å². The second kappa shape index (κ2) is 7.04. The second-order valence-corrected chi connectivity index (χ2v) is 7.67. The Morgan fingerprint density at radius 2 is 2.27 bits per heavy atom. The number of hydrogen-bond acceptors (Lipinski definition) is 4. The van der Waals surface area contributed by atoms with Gasteiger partial charge in [0.05, 0.1) is 17.3 Å². The lowest BCUT2D eigenvalue weighted by Crippen LogP contribution is -2.50. The number of nitrogens with zero attached hydrogens (tertiary/aromatic N) is 1. The molecule has 0 spiro atoms. The van der Waals surface area contributed by atoms with Crippen LogP contribution in [0.15, 0.2) is 21.2 Å². The summed E-state index contributed by atoms with van der Waals surface area (Å²) in [5.74, 6) is 0.905. The second-order valence-electron chi connectivity index (χ2n) is 6.82. The Balaban J connectivity index is 1.82. The number of carbonyl (C=O) groups is 1. The molecule has 0 saturated carbocycles. The van der Waals surface area contributed by atoms with Gasteiger partial charge in [0.2, 0.25) is 0 Å². The summed E-state index contributed by atoms with van der Waals surface area (Å²) in [7, 11) is 0. The fourth-order valence-electron chi connectivity index (χ4n) is 2.64. The predicted octanol–water partition coefficient (Wildman–Crippen LogP) is 3.92. The normalized spacial score (nSPS) is 22.7. The van der Waals surface area contributed by atoms with Crippen molar-refractivity contribution in [3.63, 3.8) is 0 Å². The van der Waals surface area contributed by atoms with Gasteiger partial charge in [0.25, 0.3) is 0 Å². The lowest BCUT2D eigenvalue weighted by molar-refractivity contribution is 0.00925. The first-order valence-electron chi connectivity index (χ1n) is 7.71. The molecule has 2 rings (SSSR count). The molecule has 1 N–H and O–H groups in total. The quantitative estimate of drug-likeness (QED) is 0.873. The minimum atomic E-state index is -0.447. The molecule has 1 aromatic heterocycles. The molecular weight excluding hydrogens is 348 g/mol. The number of hydrogen-bond donors (Lipinski definition) is 1. The first-order chi connectivity index (χ1) is 10.3. The van der Waals surface area contributed by atoms with E-state index in [-0.39, 0.29) is 12.1 Å². The van der Waals surface area contributed by atoms with Crippen LogP contribution < -0.4 is 5.32 Å². The van der Waals surface area contributed by atoms with Crippen LogP contribution in [-0.4, -0.2) is 35.2 Å². The van der Waals surface area contributed by atoms with Crippen LogP contribution in [0.1, 0.15) is 46.3 Å². The Morgan fingerprint density at radius 3 is 2.82 bits per heavy atom. The molecule has 5 nitrogen and oxygen atoms in total. The molecule has 1 fully saturated rings. The first kappa shape index (κ1) is 17.3. The molecule has 1 saturated heterocycles. The predicted molar refractivity (Wildman–Crippen MR) is 88.7 cm³/mol. The molecule has 1 aromatic rings. The lowest BCUT2D eigenvalue weighted by atomic mass is 9.98. The summed E-state index contributed by atoms with van der Waals surface area (Å²) in [5, 5.41) is 3.50. The van der Waals surface area contributed by atoms with E-state index in [9.17, 15) is 4.79 Å². The number of rotatable bonds is 3. The standard InChI is InChI=1S/C16H25BrN2O3/c1-11-9-12(18-10-14-13(17)6-8-21-14)5-7-19(11)15(20)22-16(2,3)4/h6,8,11-12,18H,5,7,9-10H2,1-4H3. The fraction of sp³-hybridized carbons (Fsp3) is 0.688. The molecule has 0 bridgehead atoms. The number of halogens is 1. The summed E-state index contributed by atoms with van der Waals surface area (Å²) in [6, 6.07) is 2.44. The van der Waals surface area contributed by atoms with Crippen molar-refractivity contribution in [3.8, 4) is 0 Å². The number of likely N-dealkylation sites (tertiary alicyclic amines) is 1. The van der Waals surface area contributed by atoms with Crippen molar-refractivity contribution in [2.24, 2.45) is 0 Å². The minimum absolute atomic E-state index is 0.168. The molecule has 1 aliphatic heterocycles. The molecule has 6 heteroatoms. The van der Waals surface area contributed by atoms with Crippen molar-refractivity contribution in [2.45, 2.75) is 64.8 Å². The fourth-order valence-corrected chi connectivity index (χ4v) is 2.98. The Bertz CT molecular complexity index is 510. The molecular formula is C16H25BrN2O3. The van der Waals surface area contributed by atoms with Gasteiger partial charge >= 0.3 is 6.09 Å². The third-order valence-corrected chi connectivity index (χ3v) is 4.45. The largest absolute Gasteiger partial charge is 0.467 e. The molecule has 2 atom stereocenters. The molecule has 124 valence electrons. The van der Waals surface area contributed by atoms with Crippen LogP contribution in [0.2, 0.25) is 0 Å². The van der Waals surface area contributed by atoms with Gasteiger partial charge in [-0.2, -0.15) is 0 Å². The number of amides is 1. The van der Waals surface area contributed by atoms with E-state index in [1.54, 1.807) is 6.26 Å². The number of ether oxygens (including phenoxy) is 1. The van der Waals surface area contributed by atoms with Crippen molar-refractivity contribution in [1.29, 1.82) is 0 Å². The van der Waals surface area contributed by atoms with E-state index in [1.165, 1.54) is 0 Å². The molecule has 1 aliphatic rings. The maximum absolute atomic E-state index is 12.2. The Hall–Kier alpha value is -1.01. The highest BCUT2D eigenvalue weighted by Crippen LogP contribution is 2.22. The van der Waals surface area contributed by atoms with Crippen molar-refractivity contribution >= 4 is 22.0 Å². The number of nitrogens with one attached hydrogen (secondary N) is 1. The van der Waals surface area contributed by atoms with Crippen LogP contribution in [0.3, 0.4) is 0 Å². The molecule has 2 unspecified atom stereocenters.